The third-order valence-electron chi connectivity index (χ3n) is 3.65. The van der Waals surface area contributed by atoms with E-state index in [-0.39, 0.29) is 23.8 Å². The van der Waals surface area contributed by atoms with Gasteiger partial charge >= 0.3 is 5.97 Å². The first-order valence-corrected chi connectivity index (χ1v) is 8.19. The number of carbonyl (C=O) groups excluding carboxylic acids is 2. The van der Waals surface area contributed by atoms with Crippen LogP contribution in [-0.2, 0) is 4.74 Å². The van der Waals surface area contributed by atoms with E-state index in [0.717, 1.165) is 6.54 Å². The predicted octanol–water partition coefficient (Wildman–Crippen LogP) is 2.87. The molecule has 0 radical (unpaired) electrons. The highest BCUT2D eigenvalue weighted by atomic mass is 16.5. The molecule has 0 saturated heterocycles. The molecule has 0 unspecified atom stereocenters. The molecule has 3 N–H and O–H groups in total. The number of rotatable bonds is 8. The van der Waals surface area contributed by atoms with E-state index in [4.69, 9.17) is 4.74 Å². The zero-order valence-corrected chi connectivity index (χ0v) is 14.3. The van der Waals surface area contributed by atoms with Crippen LogP contribution in [0.15, 0.2) is 18.2 Å². The SMILES string of the molecule is CCOC(=O)c1cc2c(C(=O)CCNCC(C)C)ccc(O)c2[nH]1. The Kier molecular flexibility index (Phi) is 5.98. The molecule has 0 aliphatic carbocycles. The van der Waals surface area contributed by atoms with Gasteiger partial charge in [0.25, 0.3) is 0 Å². The maximum absolute atomic E-state index is 12.5. The van der Waals surface area contributed by atoms with E-state index in [1.54, 1.807) is 19.1 Å². The number of benzene rings is 1. The van der Waals surface area contributed by atoms with Crippen LogP contribution in [-0.4, -0.2) is 41.5 Å². The summed E-state index contributed by atoms with van der Waals surface area (Å²) in [6.45, 7) is 7.64. The van der Waals surface area contributed by atoms with E-state index in [1.807, 2.05) is 0 Å². The number of phenols is 1. The van der Waals surface area contributed by atoms with Crippen LogP contribution < -0.4 is 5.32 Å². The van der Waals surface area contributed by atoms with Gasteiger partial charge in [-0.15, -0.1) is 0 Å². The monoisotopic (exact) mass is 332 g/mol. The Morgan fingerprint density at radius 3 is 2.75 bits per heavy atom. The van der Waals surface area contributed by atoms with Crippen LogP contribution in [0, 0.1) is 5.92 Å². The Hall–Kier alpha value is -2.34. The van der Waals surface area contributed by atoms with Gasteiger partial charge in [-0.3, -0.25) is 4.79 Å². The van der Waals surface area contributed by atoms with Crippen molar-refractivity contribution in [2.24, 2.45) is 5.92 Å². The molecular formula is C18H24N2O4. The molecular weight excluding hydrogens is 308 g/mol. The molecule has 0 amide bonds. The van der Waals surface area contributed by atoms with Gasteiger partial charge in [-0.25, -0.2) is 4.79 Å². The van der Waals surface area contributed by atoms with E-state index in [0.29, 0.717) is 35.3 Å². The van der Waals surface area contributed by atoms with Crippen molar-refractivity contribution >= 4 is 22.7 Å². The van der Waals surface area contributed by atoms with Crippen molar-refractivity contribution in [1.29, 1.82) is 0 Å². The number of aromatic hydroxyl groups is 1. The molecule has 0 aliphatic heterocycles. The second-order valence-corrected chi connectivity index (χ2v) is 6.10. The molecule has 6 nitrogen and oxygen atoms in total. The van der Waals surface area contributed by atoms with Crippen molar-refractivity contribution in [2.75, 3.05) is 19.7 Å². The van der Waals surface area contributed by atoms with Crippen molar-refractivity contribution in [3.05, 3.63) is 29.5 Å². The van der Waals surface area contributed by atoms with Crippen molar-refractivity contribution in [3.8, 4) is 5.75 Å². The van der Waals surface area contributed by atoms with Gasteiger partial charge in [-0.2, -0.15) is 0 Å². The summed E-state index contributed by atoms with van der Waals surface area (Å²) in [5.41, 5.74) is 1.08. The van der Waals surface area contributed by atoms with Gasteiger partial charge in [0.1, 0.15) is 11.4 Å². The summed E-state index contributed by atoms with van der Waals surface area (Å²) < 4.78 is 4.95. The van der Waals surface area contributed by atoms with Crippen LogP contribution in [0.5, 0.6) is 5.75 Å². The lowest BCUT2D eigenvalue weighted by Gasteiger charge is -2.07. The molecule has 1 aromatic carbocycles. The maximum Gasteiger partial charge on any atom is 0.354 e. The summed E-state index contributed by atoms with van der Waals surface area (Å²) in [4.78, 5) is 27.2. The Bertz CT molecular complexity index is 734. The highest BCUT2D eigenvalue weighted by Crippen LogP contribution is 2.29. The summed E-state index contributed by atoms with van der Waals surface area (Å²) in [6, 6.07) is 4.61. The molecule has 0 bridgehead atoms. The van der Waals surface area contributed by atoms with Gasteiger partial charge in [0, 0.05) is 23.9 Å². The number of H-pyrrole nitrogens is 1. The van der Waals surface area contributed by atoms with E-state index < -0.39 is 5.97 Å². The Morgan fingerprint density at radius 1 is 1.33 bits per heavy atom. The van der Waals surface area contributed by atoms with Gasteiger partial charge in [-0.05, 0) is 37.6 Å². The summed E-state index contributed by atoms with van der Waals surface area (Å²) in [5, 5.41) is 13.7. The van der Waals surface area contributed by atoms with Gasteiger partial charge in [-0.1, -0.05) is 13.8 Å². The first-order chi connectivity index (χ1) is 11.4. The summed E-state index contributed by atoms with van der Waals surface area (Å²) in [7, 11) is 0. The number of Topliss-reactive ketones (excluding diaryl/α,β-unsaturated/α-hetero) is 1. The minimum absolute atomic E-state index is 0.00460. The molecule has 0 fully saturated rings. The second kappa shape index (κ2) is 7.97. The number of aromatic nitrogens is 1. The fourth-order valence-electron chi connectivity index (χ4n) is 2.49. The smallest absolute Gasteiger partial charge is 0.354 e. The normalized spacial score (nSPS) is 11.2. The first-order valence-electron chi connectivity index (χ1n) is 8.19. The predicted molar refractivity (Wildman–Crippen MR) is 92.6 cm³/mol. The molecule has 0 saturated carbocycles. The maximum atomic E-state index is 12.5. The lowest BCUT2D eigenvalue weighted by Crippen LogP contribution is -2.22. The molecule has 0 atom stereocenters. The standard InChI is InChI=1S/C18H24N2O4/c1-4-24-18(23)14-9-13-12(5-6-16(22)17(13)20-14)15(21)7-8-19-10-11(2)3/h5-6,9,11,19-20,22H,4,7-8,10H2,1-3H3. The molecule has 0 spiro atoms. The minimum atomic E-state index is -0.509. The molecule has 1 aromatic heterocycles. The quantitative estimate of drug-likeness (QED) is 0.393. The van der Waals surface area contributed by atoms with Gasteiger partial charge in [0.2, 0.25) is 0 Å². The largest absolute Gasteiger partial charge is 0.506 e. The zero-order chi connectivity index (χ0) is 17.7. The van der Waals surface area contributed by atoms with Gasteiger partial charge < -0.3 is 20.1 Å². The minimum Gasteiger partial charge on any atom is -0.506 e. The van der Waals surface area contributed by atoms with Gasteiger partial charge in [0.05, 0.1) is 12.1 Å². The Labute approximate surface area is 141 Å². The fraction of sp³-hybridized carbons (Fsp3) is 0.444. The Balaban J connectivity index is 2.22. The zero-order valence-electron chi connectivity index (χ0n) is 14.3. The lowest BCUT2D eigenvalue weighted by atomic mass is 10.0. The molecule has 6 heteroatoms. The first kappa shape index (κ1) is 18.0. The highest BCUT2D eigenvalue weighted by Gasteiger charge is 2.18. The summed E-state index contributed by atoms with van der Waals surface area (Å²) in [5.74, 6) is -0.0249. The second-order valence-electron chi connectivity index (χ2n) is 6.10. The number of nitrogens with one attached hydrogen (secondary N) is 2. The number of ether oxygens (including phenoxy) is 1. The van der Waals surface area contributed by atoms with Crippen molar-refractivity contribution in [2.45, 2.75) is 27.2 Å². The highest BCUT2D eigenvalue weighted by molar-refractivity contribution is 6.10. The number of ketones is 1. The van der Waals surface area contributed by atoms with Crippen LogP contribution in [0.1, 0.15) is 48.0 Å². The number of hydrogen-bond acceptors (Lipinski definition) is 5. The van der Waals surface area contributed by atoms with Crippen LogP contribution in [0.3, 0.4) is 0 Å². The number of fused-ring (bicyclic) bond motifs is 1. The van der Waals surface area contributed by atoms with Crippen LogP contribution in [0.25, 0.3) is 10.9 Å². The lowest BCUT2D eigenvalue weighted by molar-refractivity contribution is 0.0520. The third-order valence-corrected chi connectivity index (χ3v) is 3.65. The molecule has 130 valence electrons. The molecule has 2 aromatic rings. The number of carbonyl (C=O) groups is 2. The summed E-state index contributed by atoms with van der Waals surface area (Å²) in [6.07, 6.45) is 0.354. The van der Waals surface area contributed by atoms with Crippen molar-refractivity contribution in [1.82, 2.24) is 10.3 Å². The fourth-order valence-corrected chi connectivity index (χ4v) is 2.49. The molecule has 2 rings (SSSR count). The van der Waals surface area contributed by atoms with E-state index in [1.165, 1.54) is 6.07 Å². The number of phenolic OH excluding ortho intramolecular Hbond substituents is 1. The number of esters is 1. The van der Waals surface area contributed by atoms with E-state index >= 15 is 0 Å². The van der Waals surface area contributed by atoms with Crippen LogP contribution in [0.4, 0.5) is 0 Å². The van der Waals surface area contributed by atoms with Crippen molar-refractivity contribution < 1.29 is 19.4 Å². The average Bonchev–Trinajstić information content (AvgIpc) is 2.98. The average molecular weight is 332 g/mol. The Morgan fingerprint density at radius 2 is 2.08 bits per heavy atom. The van der Waals surface area contributed by atoms with E-state index in [2.05, 4.69) is 24.1 Å². The third kappa shape index (κ3) is 4.14. The van der Waals surface area contributed by atoms with Crippen molar-refractivity contribution in [3.63, 3.8) is 0 Å². The topological polar surface area (TPSA) is 91.4 Å². The van der Waals surface area contributed by atoms with Gasteiger partial charge in [0.15, 0.2) is 5.78 Å². The molecule has 24 heavy (non-hydrogen) atoms. The molecule has 1 heterocycles. The molecule has 0 aliphatic rings. The van der Waals surface area contributed by atoms with E-state index in [9.17, 15) is 14.7 Å². The van der Waals surface area contributed by atoms with Crippen LogP contribution in [0.2, 0.25) is 0 Å². The summed E-state index contributed by atoms with van der Waals surface area (Å²) >= 11 is 0. The van der Waals surface area contributed by atoms with Crippen LogP contribution >= 0.6 is 0 Å². The number of hydrogen-bond donors (Lipinski definition) is 3. The number of aromatic amines is 1.